The maximum absolute atomic E-state index is 9.23. The van der Waals surface area contributed by atoms with Gasteiger partial charge >= 0.3 is 0 Å². The van der Waals surface area contributed by atoms with Crippen LogP contribution in [-0.4, -0.2) is 42.3 Å². The molecular weight excluding hydrogens is 212 g/mol. The van der Waals surface area contributed by atoms with Crippen LogP contribution in [0.1, 0.15) is 52.4 Å². The Hall–Kier alpha value is -0.120. The van der Waals surface area contributed by atoms with Gasteiger partial charge in [0.1, 0.15) is 0 Å². The van der Waals surface area contributed by atoms with Crippen LogP contribution in [0.4, 0.5) is 0 Å². The van der Waals surface area contributed by atoms with Crippen molar-refractivity contribution in [2.24, 2.45) is 11.1 Å². The molecular formula is C14H30N2O. The molecule has 1 aliphatic rings. The van der Waals surface area contributed by atoms with Gasteiger partial charge in [-0.3, -0.25) is 4.90 Å². The zero-order valence-corrected chi connectivity index (χ0v) is 11.6. The van der Waals surface area contributed by atoms with E-state index in [0.717, 1.165) is 32.5 Å². The number of hydrogen-bond donors (Lipinski definition) is 2. The lowest BCUT2D eigenvalue weighted by molar-refractivity contribution is 0.0879. The molecule has 1 fully saturated rings. The second kappa shape index (κ2) is 7.34. The Kier molecular flexibility index (Phi) is 6.45. The standard InChI is InChI=1S/C14H30N2O/c1-3-13(4-2)16(9-10-17)12-14(11-15)7-5-6-8-14/h13,17H,3-12,15H2,1-2H3. The van der Waals surface area contributed by atoms with Gasteiger partial charge in [0.15, 0.2) is 0 Å². The van der Waals surface area contributed by atoms with Crippen molar-refractivity contribution in [1.29, 1.82) is 0 Å². The highest BCUT2D eigenvalue weighted by molar-refractivity contribution is 4.89. The highest BCUT2D eigenvalue weighted by atomic mass is 16.3. The van der Waals surface area contributed by atoms with Crippen LogP contribution in [0, 0.1) is 5.41 Å². The fraction of sp³-hybridized carbons (Fsp3) is 1.00. The van der Waals surface area contributed by atoms with Gasteiger partial charge in [-0.05, 0) is 37.6 Å². The molecule has 0 bridgehead atoms. The van der Waals surface area contributed by atoms with E-state index in [0.29, 0.717) is 11.5 Å². The highest BCUT2D eigenvalue weighted by Gasteiger charge is 2.35. The first-order chi connectivity index (χ1) is 8.21. The average Bonchev–Trinajstić information content (AvgIpc) is 2.80. The average molecular weight is 242 g/mol. The van der Waals surface area contributed by atoms with E-state index in [-0.39, 0.29) is 6.61 Å². The second-order valence-corrected chi connectivity index (χ2v) is 5.58. The molecule has 1 rings (SSSR count). The first-order valence-electron chi connectivity index (χ1n) is 7.26. The zero-order valence-electron chi connectivity index (χ0n) is 11.6. The molecule has 0 saturated heterocycles. The maximum atomic E-state index is 9.23. The minimum atomic E-state index is 0.261. The van der Waals surface area contributed by atoms with E-state index in [1.54, 1.807) is 0 Å². The minimum Gasteiger partial charge on any atom is -0.395 e. The summed E-state index contributed by atoms with van der Waals surface area (Å²) in [6.07, 6.45) is 7.52. The fourth-order valence-corrected chi connectivity index (χ4v) is 3.31. The Morgan fingerprint density at radius 1 is 1.24 bits per heavy atom. The van der Waals surface area contributed by atoms with Gasteiger partial charge in [-0.15, -0.1) is 0 Å². The van der Waals surface area contributed by atoms with Crippen LogP contribution in [-0.2, 0) is 0 Å². The predicted molar refractivity (Wildman–Crippen MR) is 73.0 cm³/mol. The summed E-state index contributed by atoms with van der Waals surface area (Å²) < 4.78 is 0. The highest BCUT2D eigenvalue weighted by Crippen LogP contribution is 2.38. The van der Waals surface area contributed by atoms with Crippen LogP contribution in [0.3, 0.4) is 0 Å². The normalized spacial score (nSPS) is 19.4. The summed E-state index contributed by atoms with van der Waals surface area (Å²) >= 11 is 0. The number of nitrogens with zero attached hydrogens (tertiary/aromatic N) is 1. The molecule has 1 aliphatic carbocycles. The molecule has 0 spiro atoms. The van der Waals surface area contributed by atoms with E-state index in [9.17, 15) is 5.11 Å². The molecule has 0 atom stereocenters. The van der Waals surface area contributed by atoms with Crippen molar-refractivity contribution < 1.29 is 5.11 Å². The SMILES string of the molecule is CCC(CC)N(CCO)CC1(CN)CCCC1. The van der Waals surface area contributed by atoms with Crippen LogP contribution in [0.5, 0.6) is 0 Å². The third kappa shape index (κ3) is 3.94. The van der Waals surface area contributed by atoms with E-state index in [4.69, 9.17) is 5.73 Å². The van der Waals surface area contributed by atoms with Gasteiger partial charge in [0.05, 0.1) is 6.61 Å². The largest absolute Gasteiger partial charge is 0.395 e. The van der Waals surface area contributed by atoms with Crippen molar-refractivity contribution in [1.82, 2.24) is 4.90 Å². The number of rotatable bonds is 8. The van der Waals surface area contributed by atoms with Crippen LogP contribution >= 0.6 is 0 Å². The molecule has 0 radical (unpaired) electrons. The topological polar surface area (TPSA) is 49.5 Å². The number of aliphatic hydroxyl groups is 1. The first-order valence-corrected chi connectivity index (χ1v) is 7.26. The number of hydrogen-bond acceptors (Lipinski definition) is 3. The van der Waals surface area contributed by atoms with Gasteiger partial charge in [0.25, 0.3) is 0 Å². The van der Waals surface area contributed by atoms with E-state index in [1.807, 2.05) is 0 Å². The van der Waals surface area contributed by atoms with E-state index < -0.39 is 0 Å². The molecule has 3 heteroatoms. The monoisotopic (exact) mass is 242 g/mol. The summed E-state index contributed by atoms with van der Waals surface area (Å²) in [5.74, 6) is 0. The van der Waals surface area contributed by atoms with Crippen molar-refractivity contribution in [2.45, 2.75) is 58.4 Å². The van der Waals surface area contributed by atoms with Crippen LogP contribution in [0.25, 0.3) is 0 Å². The molecule has 0 heterocycles. The lowest BCUT2D eigenvalue weighted by atomic mass is 9.85. The summed E-state index contributed by atoms with van der Waals surface area (Å²) in [5.41, 5.74) is 6.34. The van der Waals surface area contributed by atoms with Gasteiger partial charge in [-0.2, -0.15) is 0 Å². The van der Waals surface area contributed by atoms with Gasteiger partial charge < -0.3 is 10.8 Å². The molecule has 0 amide bonds. The Balaban J connectivity index is 2.63. The van der Waals surface area contributed by atoms with E-state index >= 15 is 0 Å². The quantitative estimate of drug-likeness (QED) is 0.684. The van der Waals surface area contributed by atoms with Crippen LogP contribution in [0.15, 0.2) is 0 Å². The number of nitrogens with two attached hydrogens (primary N) is 1. The Morgan fingerprint density at radius 3 is 2.24 bits per heavy atom. The fourth-order valence-electron chi connectivity index (χ4n) is 3.31. The Bertz CT molecular complexity index is 198. The summed E-state index contributed by atoms with van der Waals surface area (Å²) in [4.78, 5) is 2.47. The summed E-state index contributed by atoms with van der Waals surface area (Å²) in [5, 5.41) is 9.23. The summed E-state index contributed by atoms with van der Waals surface area (Å²) in [7, 11) is 0. The smallest absolute Gasteiger partial charge is 0.0558 e. The lowest BCUT2D eigenvalue weighted by Crippen LogP contribution is -2.46. The molecule has 0 aromatic carbocycles. The van der Waals surface area contributed by atoms with Crippen molar-refractivity contribution in [3.63, 3.8) is 0 Å². The molecule has 3 nitrogen and oxygen atoms in total. The molecule has 0 aromatic rings. The predicted octanol–water partition coefficient (Wildman–Crippen LogP) is 1.99. The van der Waals surface area contributed by atoms with Crippen molar-refractivity contribution in [2.75, 3.05) is 26.2 Å². The second-order valence-electron chi connectivity index (χ2n) is 5.58. The van der Waals surface area contributed by atoms with Gasteiger partial charge in [0.2, 0.25) is 0 Å². The first kappa shape index (κ1) is 14.9. The molecule has 102 valence electrons. The third-order valence-electron chi connectivity index (χ3n) is 4.48. The van der Waals surface area contributed by atoms with E-state index in [2.05, 4.69) is 18.7 Å². The van der Waals surface area contributed by atoms with Gasteiger partial charge in [-0.1, -0.05) is 26.7 Å². The molecule has 0 aliphatic heterocycles. The van der Waals surface area contributed by atoms with Crippen LogP contribution < -0.4 is 5.73 Å². The molecule has 0 aromatic heterocycles. The molecule has 0 unspecified atom stereocenters. The van der Waals surface area contributed by atoms with E-state index in [1.165, 1.54) is 25.7 Å². The summed E-state index contributed by atoms with van der Waals surface area (Å²) in [6.45, 7) is 7.42. The summed E-state index contributed by atoms with van der Waals surface area (Å²) in [6, 6.07) is 0.603. The lowest BCUT2D eigenvalue weighted by Gasteiger charge is -2.38. The minimum absolute atomic E-state index is 0.261. The van der Waals surface area contributed by atoms with Crippen molar-refractivity contribution in [3.8, 4) is 0 Å². The Morgan fingerprint density at radius 2 is 1.82 bits per heavy atom. The zero-order chi connectivity index (χ0) is 12.7. The van der Waals surface area contributed by atoms with Crippen molar-refractivity contribution in [3.05, 3.63) is 0 Å². The molecule has 3 N–H and O–H groups in total. The number of aliphatic hydroxyl groups excluding tert-OH is 1. The van der Waals surface area contributed by atoms with Gasteiger partial charge in [-0.25, -0.2) is 0 Å². The third-order valence-corrected chi connectivity index (χ3v) is 4.48. The Labute approximate surface area is 106 Å². The van der Waals surface area contributed by atoms with Gasteiger partial charge in [0, 0.05) is 19.1 Å². The van der Waals surface area contributed by atoms with Crippen molar-refractivity contribution >= 4 is 0 Å². The maximum Gasteiger partial charge on any atom is 0.0558 e. The molecule has 1 saturated carbocycles. The molecule has 17 heavy (non-hydrogen) atoms. The van der Waals surface area contributed by atoms with Crippen LogP contribution in [0.2, 0.25) is 0 Å².